The summed E-state index contributed by atoms with van der Waals surface area (Å²) in [5.74, 6) is 0.397. The van der Waals surface area contributed by atoms with Crippen LogP contribution in [0.4, 0.5) is 5.69 Å². The minimum absolute atomic E-state index is 0.00729. The minimum atomic E-state index is 0.00729. The fraction of sp³-hybridized carbons (Fsp3) is 0.316. The Morgan fingerprint density at radius 2 is 1.71 bits per heavy atom. The zero-order valence-corrected chi connectivity index (χ0v) is 15.1. The van der Waals surface area contributed by atoms with E-state index in [0.29, 0.717) is 10.8 Å². The predicted molar refractivity (Wildman–Crippen MR) is 101 cm³/mol. The van der Waals surface area contributed by atoms with Gasteiger partial charge < -0.3 is 10.2 Å². The van der Waals surface area contributed by atoms with Crippen molar-refractivity contribution in [3.8, 4) is 0 Å². The summed E-state index contributed by atoms with van der Waals surface area (Å²) in [6.07, 6.45) is 2.68. The normalized spacial score (nSPS) is 14.7. The number of hydrogen-bond donors (Lipinski definition) is 2. The summed E-state index contributed by atoms with van der Waals surface area (Å²) in [6, 6.07) is 15.8. The fourth-order valence-electron chi connectivity index (χ4n) is 2.92. The molecule has 0 unspecified atom stereocenters. The van der Waals surface area contributed by atoms with Gasteiger partial charge in [-0.1, -0.05) is 23.7 Å². The van der Waals surface area contributed by atoms with Crippen LogP contribution in [-0.2, 0) is 11.3 Å². The van der Waals surface area contributed by atoms with Gasteiger partial charge in [0, 0.05) is 34.0 Å². The van der Waals surface area contributed by atoms with Gasteiger partial charge in [-0.3, -0.25) is 4.79 Å². The van der Waals surface area contributed by atoms with Gasteiger partial charge in [0.15, 0.2) is 0 Å². The Morgan fingerprint density at radius 1 is 1.04 bits per heavy atom. The number of benzene rings is 2. The van der Waals surface area contributed by atoms with Crippen molar-refractivity contribution in [2.45, 2.75) is 24.3 Å². The van der Waals surface area contributed by atoms with Gasteiger partial charge in [-0.05, 0) is 36.4 Å². The number of anilines is 1. The Kier molecular flexibility index (Phi) is 6.18. The molecule has 126 valence electrons. The van der Waals surface area contributed by atoms with Gasteiger partial charge in [-0.15, -0.1) is 11.8 Å². The Bertz CT molecular complexity index is 667. The maximum Gasteiger partial charge on any atom is 0.234 e. The Labute approximate surface area is 152 Å². The molecule has 5 heteroatoms. The topological polar surface area (TPSA) is 33.5 Å². The van der Waals surface area contributed by atoms with Crippen LogP contribution in [-0.4, -0.2) is 24.7 Å². The van der Waals surface area contributed by atoms with E-state index in [1.165, 1.54) is 43.3 Å². The van der Waals surface area contributed by atoms with Crippen LogP contribution in [0, 0.1) is 0 Å². The highest BCUT2D eigenvalue weighted by molar-refractivity contribution is 8.00. The van der Waals surface area contributed by atoms with Crippen LogP contribution in [0.25, 0.3) is 0 Å². The van der Waals surface area contributed by atoms with Gasteiger partial charge in [0.25, 0.3) is 0 Å². The average Bonchev–Trinajstić information content (AvgIpc) is 3.09. The molecule has 1 heterocycles. The second-order valence-electron chi connectivity index (χ2n) is 6.12. The van der Waals surface area contributed by atoms with Crippen LogP contribution in [0.2, 0.25) is 5.02 Å². The molecule has 3 rings (SSSR count). The van der Waals surface area contributed by atoms with E-state index in [4.69, 9.17) is 11.6 Å². The van der Waals surface area contributed by atoms with Crippen molar-refractivity contribution in [1.29, 1.82) is 0 Å². The molecule has 1 fully saturated rings. The first-order valence-electron chi connectivity index (χ1n) is 8.30. The van der Waals surface area contributed by atoms with Gasteiger partial charge in [-0.25, -0.2) is 0 Å². The van der Waals surface area contributed by atoms with E-state index >= 15 is 0 Å². The smallest absolute Gasteiger partial charge is 0.234 e. The van der Waals surface area contributed by atoms with Crippen molar-refractivity contribution in [2.24, 2.45) is 0 Å². The van der Waals surface area contributed by atoms with E-state index in [9.17, 15) is 4.79 Å². The van der Waals surface area contributed by atoms with E-state index in [0.717, 1.165) is 17.1 Å². The zero-order chi connectivity index (χ0) is 16.8. The number of nitrogens with one attached hydrogen (secondary N) is 2. The first-order valence-corrected chi connectivity index (χ1v) is 9.66. The molecular weight excluding hydrogens is 340 g/mol. The molecule has 0 aliphatic carbocycles. The summed E-state index contributed by atoms with van der Waals surface area (Å²) in [5, 5.41) is 3.66. The third kappa shape index (κ3) is 5.26. The molecule has 0 aromatic heterocycles. The molecule has 0 atom stereocenters. The minimum Gasteiger partial charge on any atom is -0.331 e. The lowest BCUT2D eigenvalue weighted by atomic mass is 10.2. The maximum absolute atomic E-state index is 12.1. The van der Waals surface area contributed by atoms with E-state index in [1.807, 2.05) is 36.4 Å². The molecule has 2 aromatic carbocycles. The molecule has 0 bridgehead atoms. The van der Waals surface area contributed by atoms with E-state index in [1.54, 1.807) is 4.90 Å². The number of carbonyl (C=O) groups excluding carboxylic acids is 1. The predicted octanol–water partition coefficient (Wildman–Crippen LogP) is 3.25. The molecule has 1 aliphatic heterocycles. The van der Waals surface area contributed by atoms with Crippen molar-refractivity contribution in [2.75, 3.05) is 24.2 Å². The first kappa shape index (κ1) is 17.3. The van der Waals surface area contributed by atoms with E-state index in [-0.39, 0.29) is 5.91 Å². The summed E-state index contributed by atoms with van der Waals surface area (Å²) in [6.45, 7) is 3.64. The van der Waals surface area contributed by atoms with Crippen LogP contribution in [0.15, 0.2) is 53.4 Å². The Hall–Kier alpha value is -1.49. The molecule has 24 heavy (non-hydrogen) atoms. The molecular formula is C19H22ClN2OS+. The highest BCUT2D eigenvalue weighted by Crippen LogP contribution is 2.20. The number of hydrogen-bond acceptors (Lipinski definition) is 2. The molecule has 0 spiro atoms. The first-order chi connectivity index (χ1) is 11.7. The molecule has 1 amide bonds. The summed E-state index contributed by atoms with van der Waals surface area (Å²) in [5.41, 5.74) is 2.19. The van der Waals surface area contributed by atoms with Crippen LogP contribution in [0.1, 0.15) is 18.4 Å². The number of carbonyl (C=O) groups is 1. The summed E-state index contributed by atoms with van der Waals surface area (Å²) < 4.78 is 0. The average molecular weight is 362 g/mol. The SMILES string of the molecule is O=C(CSc1ccc(Cl)cc1)Nc1ccc(C[NH+]2CCCC2)cc1. The van der Waals surface area contributed by atoms with Crippen molar-refractivity contribution in [1.82, 2.24) is 0 Å². The molecule has 0 saturated carbocycles. The molecule has 3 nitrogen and oxygen atoms in total. The lowest BCUT2D eigenvalue weighted by Gasteiger charge is -2.12. The number of likely N-dealkylation sites (tertiary alicyclic amines) is 1. The van der Waals surface area contributed by atoms with Gasteiger partial charge in [-0.2, -0.15) is 0 Å². The number of rotatable bonds is 6. The summed E-state index contributed by atoms with van der Waals surface area (Å²) in [4.78, 5) is 14.8. The summed E-state index contributed by atoms with van der Waals surface area (Å²) >= 11 is 7.36. The zero-order valence-electron chi connectivity index (χ0n) is 13.6. The number of amides is 1. The Balaban J connectivity index is 1.46. The van der Waals surface area contributed by atoms with Crippen LogP contribution in [0.3, 0.4) is 0 Å². The largest absolute Gasteiger partial charge is 0.331 e. The standard InChI is InChI=1S/C19H21ClN2OS/c20-16-5-9-18(10-6-16)24-14-19(23)21-17-7-3-15(4-8-17)13-22-11-1-2-12-22/h3-10H,1-2,11-14H2,(H,21,23)/p+1. The lowest BCUT2D eigenvalue weighted by molar-refractivity contribution is -0.901. The van der Waals surface area contributed by atoms with Gasteiger partial charge in [0.1, 0.15) is 6.54 Å². The second-order valence-corrected chi connectivity index (χ2v) is 7.61. The molecule has 1 aliphatic rings. The van der Waals surface area contributed by atoms with Crippen LogP contribution >= 0.6 is 23.4 Å². The fourth-order valence-corrected chi connectivity index (χ4v) is 3.75. The van der Waals surface area contributed by atoms with E-state index in [2.05, 4.69) is 17.4 Å². The van der Waals surface area contributed by atoms with Crippen molar-refractivity contribution >= 4 is 35.0 Å². The third-order valence-corrected chi connectivity index (χ3v) is 5.45. The van der Waals surface area contributed by atoms with Gasteiger partial charge in [0.05, 0.1) is 18.8 Å². The van der Waals surface area contributed by atoms with Crippen molar-refractivity contribution < 1.29 is 9.69 Å². The van der Waals surface area contributed by atoms with Crippen LogP contribution < -0.4 is 10.2 Å². The highest BCUT2D eigenvalue weighted by atomic mass is 35.5. The summed E-state index contributed by atoms with van der Waals surface area (Å²) in [7, 11) is 0. The van der Waals surface area contributed by atoms with E-state index < -0.39 is 0 Å². The third-order valence-electron chi connectivity index (χ3n) is 4.19. The molecule has 1 saturated heterocycles. The Morgan fingerprint density at radius 3 is 2.38 bits per heavy atom. The highest BCUT2D eigenvalue weighted by Gasteiger charge is 2.15. The second kappa shape index (κ2) is 8.56. The number of quaternary nitrogens is 1. The molecule has 2 aromatic rings. The maximum atomic E-state index is 12.1. The number of thioether (sulfide) groups is 1. The monoisotopic (exact) mass is 361 g/mol. The van der Waals surface area contributed by atoms with Crippen molar-refractivity contribution in [3.63, 3.8) is 0 Å². The van der Waals surface area contributed by atoms with Gasteiger partial charge >= 0.3 is 0 Å². The lowest BCUT2D eigenvalue weighted by Crippen LogP contribution is -3.08. The molecule has 0 radical (unpaired) electrons. The van der Waals surface area contributed by atoms with Crippen LogP contribution in [0.5, 0.6) is 0 Å². The quantitative estimate of drug-likeness (QED) is 0.774. The number of halogens is 1. The van der Waals surface area contributed by atoms with Gasteiger partial charge in [0.2, 0.25) is 5.91 Å². The van der Waals surface area contributed by atoms with Crippen molar-refractivity contribution in [3.05, 3.63) is 59.1 Å². The molecule has 2 N–H and O–H groups in total.